The molecule has 5 rings (SSSR count). The Labute approximate surface area is 183 Å². The fourth-order valence-corrected chi connectivity index (χ4v) is 4.30. The summed E-state index contributed by atoms with van der Waals surface area (Å²) in [5.41, 5.74) is 1.91. The number of aromatic nitrogens is 3. The molecule has 2 saturated heterocycles. The van der Waals surface area contributed by atoms with Crippen LogP contribution in [0.25, 0.3) is 11.3 Å². The second-order valence-electron chi connectivity index (χ2n) is 8.10. The quantitative estimate of drug-likeness (QED) is 0.667. The summed E-state index contributed by atoms with van der Waals surface area (Å²) in [4.78, 5) is 11.7. The van der Waals surface area contributed by atoms with Gasteiger partial charge in [0.05, 0.1) is 18.8 Å². The Hall–Kier alpha value is -3.14. The highest BCUT2D eigenvalue weighted by atomic mass is 19.1. The minimum atomic E-state index is -1.06. The number of hydrogen-bond acceptors (Lipinski definition) is 6. The van der Waals surface area contributed by atoms with Crippen molar-refractivity contribution < 1.29 is 28.5 Å². The van der Waals surface area contributed by atoms with E-state index in [-0.39, 0.29) is 18.8 Å². The number of aliphatic carboxylic acids is 1. The highest BCUT2D eigenvalue weighted by Gasteiger charge is 2.51. The van der Waals surface area contributed by atoms with E-state index in [1.807, 2.05) is 37.3 Å². The van der Waals surface area contributed by atoms with Crippen LogP contribution in [0.5, 0.6) is 0 Å². The Morgan fingerprint density at radius 3 is 2.78 bits per heavy atom. The summed E-state index contributed by atoms with van der Waals surface area (Å²) in [7, 11) is 0. The van der Waals surface area contributed by atoms with Crippen molar-refractivity contribution >= 4 is 5.97 Å². The Morgan fingerprint density at radius 1 is 1.22 bits per heavy atom. The Morgan fingerprint density at radius 2 is 2.03 bits per heavy atom. The van der Waals surface area contributed by atoms with E-state index in [2.05, 4.69) is 10.3 Å². The maximum Gasteiger partial charge on any atom is 0.332 e. The smallest absolute Gasteiger partial charge is 0.332 e. The number of carboxylic acid groups (broad SMARTS) is 1. The van der Waals surface area contributed by atoms with Crippen LogP contribution in [-0.4, -0.2) is 51.0 Å². The lowest BCUT2D eigenvalue weighted by Crippen LogP contribution is -2.58. The van der Waals surface area contributed by atoms with E-state index in [9.17, 15) is 14.3 Å². The number of ether oxygens (including phenoxy) is 3. The molecule has 0 bridgehead atoms. The molecule has 1 N–H and O–H groups in total. The lowest BCUT2D eigenvalue weighted by molar-refractivity contribution is -0.349. The third-order valence-electron chi connectivity index (χ3n) is 5.97. The van der Waals surface area contributed by atoms with Crippen molar-refractivity contribution in [2.24, 2.45) is 0 Å². The summed E-state index contributed by atoms with van der Waals surface area (Å²) in [5.74, 6) is -2.46. The molecule has 3 aromatic rings. The average molecular weight is 439 g/mol. The van der Waals surface area contributed by atoms with Gasteiger partial charge in [-0.05, 0) is 19.1 Å². The SMILES string of the molecule is CC1(c2ccccc2)OC[C@H]2O[C@@H](C(=O)O)C[C@@H](n3cc(-c4cccc(F)c4)nn3)[C@H]2O1. The molecule has 32 heavy (non-hydrogen) atoms. The van der Waals surface area contributed by atoms with Crippen LogP contribution < -0.4 is 0 Å². The second-order valence-corrected chi connectivity index (χ2v) is 8.10. The van der Waals surface area contributed by atoms with E-state index >= 15 is 0 Å². The van der Waals surface area contributed by atoms with Crippen LogP contribution in [0, 0.1) is 5.82 Å². The molecular weight excluding hydrogens is 417 g/mol. The Bertz CT molecular complexity index is 1120. The number of benzene rings is 2. The first kappa shape index (κ1) is 20.7. The highest BCUT2D eigenvalue weighted by molar-refractivity contribution is 5.72. The zero-order chi connectivity index (χ0) is 22.3. The van der Waals surface area contributed by atoms with E-state index < -0.39 is 36.1 Å². The molecule has 0 radical (unpaired) electrons. The molecule has 0 aliphatic carbocycles. The van der Waals surface area contributed by atoms with Crippen molar-refractivity contribution in [2.45, 2.75) is 43.5 Å². The van der Waals surface area contributed by atoms with E-state index in [4.69, 9.17) is 14.2 Å². The van der Waals surface area contributed by atoms with Crippen LogP contribution >= 0.6 is 0 Å². The molecule has 0 saturated carbocycles. The number of carboxylic acids is 1. The molecule has 2 fully saturated rings. The summed E-state index contributed by atoms with van der Waals surface area (Å²) in [6, 6.07) is 15.1. The van der Waals surface area contributed by atoms with Gasteiger partial charge in [-0.3, -0.25) is 0 Å². The van der Waals surface area contributed by atoms with Crippen molar-refractivity contribution in [3.8, 4) is 11.3 Å². The van der Waals surface area contributed by atoms with Gasteiger partial charge in [-0.1, -0.05) is 47.7 Å². The summed E-state index contributed by atoms with van der Waals surface area (Å²) >= 11 is 0. The number of hydrogen-bond donors (Lipinski definition) is 1. The minimum Gasteiger partial charge on any atom is -0.479 e. The largest absolute Gasteiger partial charge is 0.479 e. The van der Waals surface area contributed by atoms with E-state index in [0.29, 0.717) is 11.3 Å². The maximum absolute atomic E-state index is 13.7. The summed E-state index contributed by atoms with van der Waals surface area (Å²) < 4.78 is 33.4. The lowest BCUT2D eigenvalue weighted by Gasteiger charge is -2.48. The zero-order valence-corrected chi connectivity index (χ0v) is 17.3. The van der Waals surface area contributed by atoms with Gasteiger partial charge >= 0.3 is 5.97 Å². The molecule has 166 valence electrons. The third kappa shape index (κ3) is 3.79. The first-order valence-electron chi connectivity index (χ1n) is 10.4. The predicted molar refractivity (Wildman–Crippen MR) is 110 cm³/mol. The average Bonchev–Trinajstić information content (AvgIpc) is 3.29. The van der Waals surface area contributed by atoms with Crippen LogP contribution in [0.1, 0.15) is 24.9 Å². The first-order valence-corrected chi connectivity index (χ1v) is 10.4. The number of nitrogens with zero attached hydrogens (tertiary/aromatic N) is 3. The second kappa shape index (κ2) is 8.09. The third-order valence-corrected chi connectivity index (χ3v) is 5.97. The molecule has 2 aliphatic heterocycles. The fraction of sp³-hybridized carbons (Fsp3) is 0.348. The van der Waals surface area contributed by atoms with Crippen molar-refractivity contribution in [1.82, 2.24) is 15.0 Å². The maximum atomic E-state index is 13.7. The van der Waals surface area contributed by atoms with Crippen LogP contribution in [-0.2, 0) is 24.8 Å². The van der Waals surface area contributed by atoms with Gasteiger partial charge in [-0.15, -0.1) is 5.10 Å². The van der Waals surface area contributed by atoms with Gasteiger partial charge in [-0.2, -0.15) is 0 Å². The van der Waals surface area contributed by atoms with Crippen molar-refractivity contribution in [3.05, 3.63) is 72.2 Å². The zero-order valence-electron chi connectivity index (χ0n) is 17.3. The standard InChI is InChI=1S/C23H22FN3O5/c1-23(15-7-3-2-4-8-15)30-13-20-21(32-23)18(11-19(31-20)22(28)29)27-12-17(25-26-27)14-6-5-9-16(24)10-14/h2-10,12,18-21H,11,13H2,1H3,(H,28,29)/t18-,19-,20-,21-,23?/m1/s1. The fourth-order valence-electron chi connectivity index (χ4n) is 4.30. The van der Waals surface area contributed by atoms with Gasteiger partial charge in [-0.25, -0.2) is 13.9 Å². The normalized spacial score (nSPS) is 29.9. The van der Waals surface area contributed by atoms with Crippen LogP contribution in [0.2, 0.25) is 0 Å². The van der Waals surface area contributed by atoms with E-state index in [0.717, 1.165) is 5.56 Å². The molecule has 9 heteroatoms. The summed E-state index contributed by atoms with van der Waals surface area (Å²) in [6.45, 7) is 2.00. The molecule has 3 heterocycles. The first-order chi connectivity index (χ1) is 15.4. The van der Waals surface area contributed by atoms with Gasteiger partial charge < -0.3 is 19.3 Å². The molecule has 0 spiro atoms. The van der Waals surface area contributed by atoms with Gasteiger partial charge in [0.2, 0.25) is 0 Å². The van der Waals surface area contributed by atoms with Crippen molar-refractivity contribution in [2.75, 3.05) is 6.61 Å². The van der Waals surface area contributed by atoms with Gasteiger partial charge in [0.25, 0.3) is 0 Å². The van der Waals surface area contributed by atoms with Gasteiger partial charge in [0.15, 0.2) is 11.9 Å². The lowest BCUT2D eigenvalue weighted by atomic mass is 9.93. The molecular formula is C23H22FN3O5. The molecule has 8 nitrogen and oxygen atoms in total. The molecule has 1 unspecified atom stereocenters. The summed E-state index contributed by atoms with van der Waals surface area (Å²) in [6.07, 6.45) is -0.316. The van der Waals surface area contributed by atoms with Crippen LogP contribution in [0.4, 0.5) is 4.39 Å². The number of carbonyl (C=O) groups is 1. The monoisotopic (exact) mass is 439 g/mol. The topological polar surface area (TPSA) is 95.7 Å². The van der Waals surface area contributed by atoms with Crippen molar-refractivity contribution in [3.63, 3.8) is 0 Å². The molecule has 2 aliphatic rings. The molecule has 5 atom stereocenters. The van der Waals surface area contributed by atoms with Gasteiger partial charge in [0, 0.05) is 17.5 Å². The molecule has 1 aromatic heterocycles. The van der Waals surface area contributed by atoms with E-state index in [1.165, 1.54) is 12.1 Å². The molecule has 2 aromatic carbocycles. The van der Waals surface area contributed by atoms with Crippen LogP contribution in [0.3, 0.4) is 0 Å². The Kier molecular flexibility index (Phi) is 5.24. The van der Waals surface area contributed by atoms with Crippen molar-refractivity contribution in [1.29, 1.82) is 0 Å². The number of rotatable bonds is 4. The summed E-state index contributed by atoms with van der Waals surface area (Å²) in [5, 5.41) is 18.0. The Balaban J connectivity index is 1.48. The predicted octanol–water partition coefficient (Wildman–Crippen LogP) is 3.16. The highest BCUT2D eigenvalue weighted by Crippen LogP contribution is 2.42. The van der Waals surface area contributed by atoms with E-state index in [1.54, 1.807) is 23.0 Å². The number of halogens is 1. The number of fused-ring (bicyclic) bond motifs is 1. The molecule has 0 amide bonds. The van der Waals surface area contributed by atoms with Gasteiger partial charge in [0.1, 0.15) is 23.7 Å². The minimum absolute atomic E-state index is 0.146. The van der Waals surface area contributed by atoms with Crippen LogP contribution in [0.15, 0.2) is 60.8 Å².